The number of hydrogen-bond donors (Lipinski definition) is 2. The van der Waals surface area contributed by atoms with Gasteiger partial charge in [-0.3, -0.25) is 14.9 Å². The van der Waals surface area contributed by atoms with E-state index in [2.05, 4.69) is 4.90 Å². The molecule has 0 aliphatic carbocycles. The van der Waals surface area contributed by atoms with Gasteiger partial charge < -0.3 is 4.74 Å². The van der Waals surface area contributed by atoms with Gasteiger partial charge in [-0.1, -0.05) is 0 Å². The molecule has 0 aromatic heterocycles. The van der Waals surface area contributed by atoms with Crippen LogP contribution in [0.3, 0.4) is 0 Å². The average Bonchev–Trinajstić information content (AvgIpc) is 2.57. The Hall–Kier alpha value is -1.64. The van der Waals surface area contributed by atoms with Crippen molar-refractivity contribution in [3.8, 4) is 5.75 Å². The standard InChI is InChI=1S/C17H28N2O5S/c1-12(2)19(13(3)4)11-10-16(17(20)18-21)25(22,23)15-8-6-14(24-5)7-9-15/h6-9,12-13,16,21H,10-11H2,1-5H3,(H,18,20). The maximum absolute atomic E-state index is 12.9. The lowest BCUT2D eigenvalue weighted by molar-refractivity contribution is -0.129. The number of nitrogens with one attached hydrogen (secondary N) is 1. The molecule has 7 nitrogen and oxygen atoms in total. The van der Waals surface area contributed by atoms with Crippen LogP contribution in [0.1, 0.15) is 34.1 Å². The summed E-state index contributed by atoms with van der Waals surface area (Å²) in [5, 5.41) is 7.61. The highest BCUT2D eigenvalue weighted by Crippen LogP contribution is 2.22. The Labute approximate surface area is 149 Å². The van der Waals surface area contributed by atoms with Crippen LogP contribution in [0, 0.1) is 0 Å². The molecule has 1 rings (SSSR count). The number of amides is 1. The zero-order chi connectivity index (χ0) is 19.2. The molecule has 0 aliphatic heterocycles. The molecule has 8 heteroatoms. The number of hydroxylamine groups is 1. The normalized spacial score (nSPS) is 13.3. The third-order valence-corrected chi connectivity index (χ3v) is 6.27. The lowest BCUT2D eigenvalue weighted by atomic mass is 10.2. The average molecular weight is 372 g/mol. The number of ether oxygens (including phenoxy) is 1. The molecule has 1 unspecified atom stereocenters. The van der Waals surface area contributed by atoms with Crippen molar-refractivity contribution >= 4 is 15.7 Å². The van der Waals surface area contributed by atoms with Crippen LogP contribution in [-0.2, 0) is 14.6 Å². The molecule has 2 N–H and O–H groups in total. The number of carbonyl (C=O) groups is 1. The molecule has 0 fully saturated rings. The Bertz CT molecular complexity index is 648. The summed E-state index contributed by atoms with van der Waals surface area (Å²) in [6.07, 6.45) is 0.0805. The van der Waals surface area contributed by atoms with Crippen LogP contribution >= 0.6 is 0 Å². The third-order valence-electron chi connectivity index (χ3n) is 4.14. The summed E-state index contributed by atoms with van der Waals surface area (Å²) in [6, 6.07) is 6.26. The Morgan fingerprint density at radius 2 is 1.68 bits per heavy atom. The van der Waals surface area contributed by atoms with Gasteiger partial charge in [0.05, 0.1) is 12.0 Å². The van der Waals surface area contributed by atoms with E-state index in [0.29, 0.717) is 12.3 Å². The Balaban J connectivity index is 3.09. The Morgan fingerprint density at radius 1 is 1.16 bits per heavy atom. The van der Waals surface area contributed by atoms with Crippen molar-refractivity contribution in [1.82, 2.24) is 10.4 Å². The second-order valence-corrected chi connectivity index (χ2v) is 8.53. The summed E-state index contributed by atoms with van der Waals surface area (Å²) in [5.41, 5.74) is 1.48. The van der Waals surface area contributed by atoms with Crippen molar-refractivity contribution in [2.75, 3.05) is 13.7 Å². The van der Waals surface area contributed by atoms with Gasteiger partial charge in [0.25, 0.3) is 5.91 Å². The van der Waals surface area contributed by atoms with E-state index in [-0.39, 0.29) is 23.4 Å². The number of nitrogens with zero attached hydrogens (tertiary/aromatic N) is 1. The fraction of sp³-hybridized carbons (Fsp3) is 0.588. The van der Waals surface area contributed by atoms with E-state index in [1.54, 1.807) is 0 Å². The van der Waals surface area contributed by atoms with Gasteiger partial charge >= 0.3 is 0 Å². The monoisotopic (exact) mass is 372 g/mol. The predicted octanol–water partition coefficient (Wildman–Crippen LogP) is 1.85. The zero-order valence-corrected chi connectivity index (χ0v) is 16.2. The van der Waals surface area contributed by atoms with Crippen LogP contribution in [-0.4, -0.2) is 55.4 Å². The van der Waals surface area contributed by atoms with Crippen molar-refractivity contribution in [2.24, 2.45) is 0 Å². The van der Waals surface area contributed by atoms with Crippen LogP contribution in [0.4, 0.5) is 0 Å². The van der Waals surface area contributed by atoms with Gasteiger partial charge in [-0.15, -0.1) is 0 Å². The van der Waals surface area contributed by atoms with Crippen LogP contribution in [0.2, 0.25) is 0 Å². The van der Waals surface area contributed by atoms with E-state index >= 15 is 0 Å². The molecule has 1 aromatic rings. The van der Waals surface area contributed by atoms with Gasteiger partial charge in [-0.2, -0.15) is 0 Å². The highest BCUT2D eigenvalue weighted by molar-refractivity contribution is 7.92. The highest BCUT2D eigenvalue weighted by Gasteiger charge is 2.34. The topological polar surface area (TPSA) is 95.9 Å². The molecule has 1 amide bonds. The molecule has 25 heavy (non-hydrogen) atoms. The smallest absolute Gasteiger partial charge is 0.262 e. The van der Waals surface area contributed by atoms with Gasteiger partial charge in [-0.05, 0) is 58.4 Å². The minimum Gasteiger partial charge on any atom is -0.497 e. The summed E-state index contributed by atoms with van der Waals surface area (Å²) in [5.74, 6) is -0.406. The fourth-order valence-electron chi connectivity index (χ4n) is 2.81. The van der Waals surface area contributed by atoms with E-state index in [1.807, 2.05) is 27.7 Å². The first-order valence-corrected chi connectivity index (χ1v) is 9.77. The first kappa shape index (κ1) is 21.4. The molecule has 0 bridgehead atoms. The molecule has 0 saturated heterocycles. The van der Waals surface area contributed by atoms with Crippen molar-refractivity contribution in [1.29, 1.82) is 0 Å². The summed E-state index contributed by atoms with van der Waals surface area (Å²) >= 11 is 0. The molecule has 0 radical (unpaired) electrons. The van der Waals surface area contributed by atoms with Crippen LogP contribution in [0.5, 0.6) is 5.75 Å². The highest BCUT2D eigenvalue weighted by atomic mass is 32.2. The molecule has 142 valence electrons. The quantitative estimate of drug-likeness (QED) is 0.507. The zero-order valence-electron chi connectivity index (χ0n) is 15.4. The lowest BCUT2D eigenvalue weighted by Crippen LogP contribution is -2.44. The van der Waals surface area contributed by atoms with E-state index in [9.17, 15) is 13.2 Å². The molecular formula is C17H28N2O5S. The number of benzene rings is 1. The number of carbonyl (C=O) groups excluding carboxylic acids is 1. The maximum atomic E-state index is 12.9. The first-order valence-electron chi connectivity index (χ1n) is 8.22. The van der Waals surface area contributed by atoms with E-state index in [0.717, 1.165) is 0 Å². The molecule has 0 saturated carbocycles. The van der Waals surface area contributed by atoms with Crippen molar-refractivity contribution < 1.29 is 23.2 Å². The number of rotatable bonds is 9. The number of hydrogen-bond acceptors (Lipinski definition) is 6. The first-order chi connectivity index (χ1) is 11.6. The Kier molecular flexibility index (Phi) is 7.85. The summed E-state index contributed by atoms with van der Waals surface area (Å²) in [6.45, 7) is 8.47. The van der Waals surface area contributed by atoms with E-state index in [1.165, 1.54) is 36.9 Å². The molecule has 1 atom stereocenters. The molecule has 0 heterocycles. The minimum absolute atomic E-state index is 0.0162. The number of methoxy groups -OCH3 is 1. The summed E-state index contributed by atoms with van der Waals surface area (Å²) < 4.78 is 30.7. The van der Waals surface area contributed by atoms with Crippen LogP contribution < -0.4 is 10.2 Å². The van der Waals surface area contributed by atoms with Gasteiger partial charge in [-0.25, -0.2) is 13.9 Å². The number of sulfone groups is 1. The van der Waals surface area contributed by atoms with Crippen LogP contribution in [0.15, 0.2) is 29.2 Å². The van der Waals surface area contributed by atoms with E-state index < -0.39 is 21.0 Å². The van der Waals surface area contributed by atoms with Gasteiger partial charge in [0.2, 0.25) is 0 Å². The van der Waals surface area contributed by atoms with Crippen molar-refractivity contribution in [3.63, 3.8) is 0 Å². The fourth-order valence-corrected chi connectivity index (χ4v) is 4.40. The van der Waals surface area contributed by atoms with Gasteiger partial charge in [0, 0.05) is 18.6 Å². The van der Waals surface area contributed by atoms with Crippen LogP contribution in [0.25, 0.3) is 0 Å². The second-order valence-electron chi connectivity index (χ2n) is 6.40. The summed E-state index contributed by atoms with van der Waals surface area (Å²) in [4.78, 5) is 14.1. The van der Waals surface area contributed by atoms with E-state index in [4.69, 9.17) is 9.94 Å². The minimum atomic E-state index is -3.94. The SMILES string of the molecule is COc1ccc(S(=O)(=O)C(CCN(C(C)C)C(C)C)C(=O)NO)cc1. The predicted molar refractivity (Wildman–Crippen MR) is 95.5 cm³/mol. The third kappa shape index (κ3) is 5.42. The largest absolute Gasteiger partial charge is 0.497 e. The molecule has 0 aliphatic rings. The molecule has 0 spiro atoms. The summed E-state index contributed by atoms with van der Waals surface area (Å²) in [7, 11) is -2.45. The molecular weight excluding hydrogens is 344 g/mol. The lowest BCUT2D eigenvalue weighted by Gasteiger charge is -2.31. The maximum Gasteiger partial charge on any atom is 0.262 e. The van der Waals surface area contributed by atoms with Crippen molar-refractivity contribution in [2.45, 2.75) is 56.3 Å². The van der Waals surface area contributed by atoms with Gasteiger partial charge in [0.1, 0.15) is 11.0 Å². The van der Waals surface area contributed by atoms with Crippen molar-refractivity contribution in [3.05, 3.63) is 24.3 Å². The second kappa shape index (κ2) is 9.17. The molecule has 1 aromatic carbocycles. The Morgan fingerprint density at radius 3 is 2.08 bits per heavy atom. The van der Waals surface area contributed by atoms with Gasteiger partial charge in [0.15, 0.2) is 9.84 Å².